The first-order valence-electron chi connectivity index (χ1n) is 5.95. The quantitative estimate of drug-likeness (QED) is 0.894. The normalized spacial score (nSPS) is 17.4. The molecule has 2 rings (SSSR count). The number of rotatable bonds is 2. The predicted molar refractivity (Wildman–Crippen MR) is 71.9 cm³/mol. The fraction of sp³-hybridized carbons (Fsp3) is 0.538. The number of thioether (sulfide) groups is 1. The maximum atomic E-state index is 12.3. The number of ether oxygens (including phenoxy) is 1. The Morgan fingerprint density at radius 2 is 2.06 bits per heavy atom. The number of carbonyl (C=O) groups is 1. The smallest absolute Gasteiger partial charge is 0.200 e. The van der Waals surface area contributed by atoms with Crippen molar-refractivity contribution in [3.63, 3.8) is 0 Å². The molecule has 4 nitrogen and oxygen atoms in total. The lowest BCUT2D eigenvalue weighted by atomic mass is 9.99. The summed E-state index contributed by atoms with van der Waals surface area (Å²) in [5.41, 5.74) is 0.665. The molecule has 1 aliphatic heterocycles. The van der Waals surface area contributed by atoms with Gasteiger partial charge in [-0.25, -0.2) is 0 Å². The largest absolute Gasteiger partial charge is 0.482 e. The van der Waals surface area contributed by atoms with Gasteiger partial charge in [-0.1, -0.05) is 6.92 Å². The molecule has 2 heterocycles. The highest BCUT2D eigenvalue weighted by atomic mass is 32.2. The van der Waals surface area contributed by atoms with Gasteiger partial charge in [-0.05, 0) is 20.3 Å². The minimum atomic E-state index is -0.189. The maximum Gasteiger partial charge on any atom is 0.200 e. The molecule has 1 aliphatic rings. The predicted octanol–water partition coefficient (Wildman–Crippen LogP) is 2.40. The summed E-state index contributed by atoms with van der Waals surface area (Å²) in [7, 11) is 1.53. The minimum Gasteiger partial charge on any atom is -0.482 e. The van der Waals surface area contributed by atoms with Gasteiger partial charge >= 0.3 is 0 Å². The van der Waals surface area contributed by atoms with E-state index in [1.807, 2.05) is 20.8 Å². The van der Waals surface area contributed by atoms with Gasteiger partial charge in [0.05, 0.1) is 23.3 Å². The number of nitrogens with one attached hydrogen (secondary N) is 1. The van der Waals surface area contributed by atoms with Crippen LogP contribution in [0.2, 0.25) is 0 Å². The topological polar surface area (TPSA) is 59.2 Å². The third kappa shape index (κ3) is 2.07. The van der Waals surface area contributed by atoms with Gasteiger partial charge < -0.3 is 9.72 Å². The molecule has 0 bridgehead atoms. The van der Waals surface area contributed by atoms with Crippen LogP contribution in [0.25, 0.3) is 0 Å². The molecular weight excluding hydrogens is 250 g/mol. The van der Waals surface area contributed by atoms with Crippen molar-refractivity contribution in [1.29, 1.82) is 0 Å². The van der Waals surface area contributed by atoms with Gasteiger partial charge in [0, 0.05) is 11.2 Å². The second-order valence-electron chi connectivity index (χ2n) is 4.99. The van der Waals surface area contributed by atoms with E-state index in [-0.39, 0.29) is 16.0 Å². The van der Waals surface area contributed by atoms with Crippen LogP contribution in [0.4, 0.5) is 0 Å². The molecule has 0 fully saturated rings. The summed E-state index contributed by atoms with van der Waals surface area (Å²) in [5, 5.41) is 0.635. The Bertz CT molecular complexity index is 560. The van der Waals surface area contributed by atoms with E-state index in [1.165, 1.54) is 18.9 Å². The summed E-state index contributed by atoms with van der Waals surface area (Å²) in [6, 6.07) is 0. The van der Waals surface area contributed by atoms with E-state index in [2.05, 4.69) is 4.98 Å². The molecular formula is C13H17NO3S. The lowest BCUT2D eigenvalue weighted by Crippen LogP contribution is -2.32. The van der Waals surface area contributed by atoms with E-state index >= 15 is 0 Å². The molecule has 0 amide bonds. The van der Waals surface area contributed by atoms with Crippen molar-refractivity contribution < 1.29 is 9.53 Å². The first-order chi connectivity index (χ1) is 8.39. The zero-order chi connectivity index (χ0) is 13.5. The van der Waals surface area contributed by atoms with Crippen molar-refractivity contribution in [2.24, 2.45) is 0 Å². The highest BCUT2D eigenvalue weighted by Crippen LogP contribution is 2.41. The molecule has 0 unspecified atom stereocenters. The summed E-state index contributed by atoms with van der Waals surface area (Å²) in [6.45, 7) is 5.87. The van der Waals surface area contributed by atoms with E-state index in [4.69, 9.17) is 4.74 Å². The molecule has 18 heavy (non-hydrogen) atoms. The molecule has 98 valence electrons. The van der Waals surface area contributed by atoms with Gasteiger partial charge in [0.1, 0.15) is 0 Å². The van der Waals surface area contributed by atoms with Gasteiger partial charge in [-0.2, -0.15) is 0 Å². The van der Waals surface area contributed by atoms with Crippen LogP contribution < -0.4 is 10.2 Å². The fourth-order valence-electron chi connectivity index (χ4n) is 2.21. The first-order valence-corrected chi connectivity index (χ1v) is 6.76. The number of H-pyrrole nitrogens is 1. The monoisotopic (exact) mass is 267 g/mol. The highest BCUT2D eigenvalue weighted by Gasteiger charge is 2.35. The van der Waals surface area contributed by atoms with Crippen LogP contribution in [0.5, 0.6) is 5.88 Å². The third-order valence-electron chi connectivity index (χ3n) is 3.03. The molecule has 1 aromatic heterocycles. The van der Waals surface area contributed by atoms with E-state index in [9.17, 15) is 9.59 Å². The van der Waals surface area contributed by atoms with Gasteiger partial charge in [0.25, 0.3) is 0 Å². The van der Waals surface area contributed by atoms with Crippen LogP contribution in [-0.4, -0.2) is 22.6 Å². The Kier molecular flexibility index (Phi) is 3.27. The molecule has 0 saturated heterocycles. The Morgan fingerprint density at radius 3 is 2.61 bits per heavy atom. The van der Waals surface area contributed by atoms with Gasteiger partial charge in [0.2, 0.25) is 5.43 Å². The summed E-state index contributed by atoms with van der Waals surface area (Å²) >= 11 is 1.52. The first kappa shape index (κ1) is 13.2. The van der Waals surface area contributed by atoms with Crippen LogP contribution in [0, 0.1) is 0 Å². The Hall–Kier alpha value is -1.23. The van der Waals surface area contributed by atoms with Crippen molar-refractivity contribution in [2.45, 2.75) is 43.4 Å². The lowest BCUT2D eigenvalue weighted by molar-refractivity contribution is 0.0965. The van der Waals surface area contributed by atoms with Crippen molar-refractivity contribution in [3.05, 3.63) is 21.4 Å². The number of fused-ring (bicyclic) bond motifs is 1. The van der Waals surface area contributed by atoms with Crippen LogP contribution in [-0.2, 0) is 6.42 Å². The SMILES string of the molecule is CCc1c(OC)[nH]c2c(c1=O)C(=O)CC(C)(C)S2. The highest BCUT2D eigenvalue weighted by molar-refractivity contribution is 8.00. The molecule has 1 N–H and O–H groups in total. The second kappa shape index (κ2) is 4.46. The molecule has 0 atom stereocenters. The van der Waals surface area contributed by atoms with Crippen LogP contribution in [0.15, 0.2) is 9.82 Å². The molecule has 0 radical (unpaired) electrons. The zero-order valence-corrected chi connectivity index (χ0v) is 11.9. The van der Waals surface area contributed by atoms with E-state index in [1.54, 1.807) is 0 Å². The van der Waals surface area contributed by atoms with Gasteiger partial charge in [-0.15, -0.1) is 11.8 Å². The van der Waals surface area contributed by atoms with Crippen LogP contribution in [0.3, 0.4) is 0 Å². The van der Waals surface area contributed by atoms with E-state index < -0.39 is 0 Å². The molecule has 0 saturated carbocycles. The standard InChI is InChI=1S/C13H17NO3S/c1-5-7-10(16)9-8(15)6-13(2,3)18-12(9)14-11(7)17-4/h5-6H2,1-4H3,(H,14,16). The number of ketones is 1. The average molecular weight is 267 g/mol. The third-order valence-corrected chi connectivity index (χ3v) is 4.24. The van der Waals surface area contributed by atoms with E-state index in [0.717, 1.165) is 0 Å². The number of pyridine rings is 1. The number of Topliss-reactive ketones (excluding diaryl/α,β-unsaturated/α-hetero) is 1. The number of methoxy groups -OCH3 is 1. The Morgan fingerprint density at radius 1 is 1.39 bits per heavy atom. The molecule has 0 aromatic carbocycles. The van der Waals surface area contributed by atoms with Crippen molar-refractivity contribution in [2.75, 3.05) is 7.11 Å². The van der Waals surface area contributed by atoms with E-state index in [0.29, 0.717) is 34.9 Å². The van der Waals surface area contributed by atoms with Crippen LogP contribution >= 0.6 is 11.8 Å². The van der Waals surface area contributed by atoms with Crippen molar-refractivity contribution in [1.82, 2.24) is 4.98 Å². The summed E-state index contributed by atoms with van der Waals surface area (Å²) in [4.78, 5) is 27.5. The molecule has 0 aliphatic carbocycles. The number of carbonyl (C=O) groups excluding carboxylic acids is 1. The van der Waals surface area contributed by atoms with Gasteiger partial charge in [0.15, 0.2) is 11.7 Å². The number of hydrogen-bond acceptors (Lipinski definition) is 4. The number of aromatic amines is 1. The minimum absolute atomic E-state index is 0.0765. The van der Waals surface area contributed by atoms with Crippen molar-refractivity contribution in [3.8, 4) is 5.88 Å². The fourth-order valence-corrected chi connectivity index (χ4v) is 3.42. The number of aromatic nitrogens is 1. The maximum absolute atomic E-state index is 12.3. The van der Waals surface area contributed by atoms with Crippen LogP contribution in [0.1, 0.15) is 43.1 Å². The number of hydrogen-bond donors (Lipinski definition) is 1. The van der Waals surface area contributed by atoms with Gasteiger partial charge in [-0.3, -0.25) is 9.59 Å². The Balaban J connectivity index is 2.70. The summed E-state index contributed by atoms with van der Waals surface area (Å²) < 4.78 is 5.02. The summed E-state index contributed by atoms with van der Waals surface area (Å²) in [5.74, 6) is 0.395. The zero-order valence-electron chi connectivity index (χ0n) is 11.0. The molecule has 0 spiro atoms. The molecule has 5 heteroatoms. The summed E-state index contributed by atoms with van der Waals surface area (Å²) in [6.07, 6.45) is 0.941. The molecule has 1 aromatic rings. The Labute approximate surface area is 110 Å². The average Bonchev–Trinajstić information content (AvgIpc) is 2.25. The second-order valence-corrected chi connectivity index (χ2v) is 6.70. The lowest BCUT2D eigenvalue weighted by Gasteiger charge is -2.29. The van der Waals surface area contributed by atoms with Crippen molar-refractivity contribution >= 4 is 17.5 Å².